The maximum absolute atomic E-state index is 12.5. The molecule has 0 aliphatic carbocycles. The molecule has 0 amide bonds. The summed E-state index contributed by atoms with van der Waals surface area (Å²) in [5.41, 5.74) is -0.967. The van der Waals surface area contributed by atoms with Crippen LogP contribution in [-0.2, 0) is 6.18 Å². The Kier molecular flexibility index (Phi) is 2.37. The molecular weight excluding hydrogens is 221 g/mol. The van der Waals surface area contributed by atoms with Crippen molar-refractivity contribution in [2.24, 2.45) is 0 Å². The van der Waals surface area contributed by atoms with Crippen molar-refractivity contribution in [2.45, 2.75) is 13.1 Å². The third-order valence-corrected chi connectivity index (χ3v) is 1.85. The van der Waals surface area contributed by atoms with Crippen LogP contribution in [0.25, 0.3) is 5.82 Å². The smallest absolute Gasteiger partial charge is 0.229 e. The Balaban J connectivity index is 2.53. The van der Waals surface area contributed by atoms with Crippen molar-refractivity contribution in [3.63, 3.8) is 0 Å². The Morgan fingerprint density at radius 2 is 2.00 bits per heavy atom. The summed E-state index contributed by atoms with van der Waals surface area (Å²) in [6, 6.07) is 2.46. The number of hydrogen-bond donors (Lipinski definition) is 0. The second-order valence-corrected chi connectivity index (χ2v) is 3.11. The topological polar surface area (TPSA) is 43.6 Å². The number of aryl methyl sites for hydroxylation is 1. The lowest BCUT2D eigenvalue weighted by atomic mass is 10.3. The molecule has 0 aliphatic heterocycles. The van der Waals surface area contributed by atoms with Crippen molar-refractivity contribution < 1.29 is 13.2 Å². The predicted octanol–water partition coefficient (Wildman–Crippen LogP) is 1.99. The molecule has 0 aromatic carbocycles. The van der Waals surface area contributed by atoms with Gasteiger partial charge in [0.05, 0.1) is 0 Å². The highest BCUT2D eigenvalue weighted by Gasteiger charge is 2.33. The van der Waals surface area contributed by atoms with Gasteiger partial charge in [0.25, 0.3) is 0 Å². The minimum absolute atomic E-state index is 0.0559. The van der Waals surface area contributed by atoms with Crippen LogP contribution in [0.3, 0.4) is 0 Å². The van der Waals surface area contributed by atoms with Crippen LogP contribution in [0.1, 0.15) is 11.5 Å². The van der Waals surface area contributed by atoms with Crippen LogP contribution in [-0.4, -0.2) is 19.7 Å². The Morgan fingerprint density at radius 1 is 1.25 bits per heavy atom. The van der Waals surface area contributed by atoms with Crippen molar-refractivity contribution in [2.75, 3.05) is 0 Å². The summed E-state index contributed by atoms with van der Waals surface area (Å²) >= 11 is 0. The van der Waals surface area contributed by atoms with Gasteiger partial charge in [0, 0.05) is 18.5 Å². The van der Waals surface area contributed by atoms with E-state index < -0.39 is 11.9 Å². The molecule has 0 aliphatic rings. The van der Waals surface area contributed by atoms with E-state index >= 15 is 0 Å². The zero-order valence-corrected chi connectivity index (χ0v) is 8.23. The van der Waals surface area contributed by atoms with E-state index in [-0.39, 0.29) is 11.6 Å². The lowest BCUT2D eigenvalue weighted by molar-refractivity contribution is -0.141. The molecule has 0 N–H and O–H groups in total. The SMILES string of the molecule is Cc1nc(-n2cccn2)cc(C(F)(F)F)n1. The lowest BCUT2D eigenvalue weighted by Gasteiger charge is -2.08. The van der Waals surface area contributed by atoms with Gasteiger partial charge < -0.3 is 0 Å². The summed E-state index contributed by atoms with van der Waals surface area (Å²) in [6.45, 7) is 1.40. The van der Waals surface area contributed by atoms with E-state index in [0.29, 0.717) is 0 Å². The van der Waals surface area contributed by atoms with Crippen molar-refractivity contribution in [3.05, 3.63) is 36.0 Å². The number of nitrogens with zero attached hydrogens (tertiary/aromatic N) is 4. The molecule has 7 heteroatoms. The molecule has 2 aromatic rings. The molecule has 0 saturated heterocycles. The Bertz CT molecular complexity index is 490. The number of halogens is 3. The average molecular weight is 228 g/mol. The third-order valence-electron chi connectivity index (χ3n) is 1.85. The normalized spacial score (nSPS) is 11.8. The fourth-order valence-electron chi connectivity index (χ4n) is 1.22. The molecule has 2 rings (SSSR count). The second-order valence-electron chi connectivity index (χ2n) is 3.11. The monoisotopic (exact) mass is 228 g/mol. The summed E-state index contributed by atoms with van der Waals surface area (Å²) in [7, 11) is 0. The number of hydrogen-bond acceptors (Lipinski definition) is 3. The van der Waals surface area contributed by atoms with E-state index in [1.165, 1.54) is 24.0 Å². The first-order valence-corrected chi connectivity index (χ1v) is 4.40. The molecule has 4 nitrogen and oxygen atoms in total. The van der Waals surface area contributed by atoms with Gasteiger partial charge in [-0.2, -0.15) is 18.3 Å². The minimum Gasteiger partial charge on any atom is -0.229 e. The van der Waals surface area contributed by atoms with Gasteiger partial charge in [-0.1, -0.05) is 0 Å². The summed E-state index contributed by atoms with van der Waals surface area (Å²) in [5.74, 6) is 0.158. The van der Waals surface area contributed by atoms with Crippen molar-refractivity contribution >= 4 is 0 Å². The molecule has 0 saturated carbocycles. The van der Waals surface area contributed by atoms with Crippen LogP contribution >= 0.6 is 0 Å². The van der Waals surface area contributed by atoms with Crippen LogP contribution in [0.2, 0.25) is 0 Å². The summed E-state index contributed by atoms with van der Waals surface area (Å²) < 4.78 is 38.7. The first-order valence-electron chi connectivity index (χ1n) is 4.40. The van der Waals surface area contributed by atoms with E-state index in [1.54, 1.807) is 6.07 Å². The number of alkyl halides is 3. The minimum atomic E-state index is -4.48. The molecule has 2 heterocycles. The highest BCUT2D eigenvalue weighted by Crippen LogP contribution is 2.28. The fraction of sp³-hybridized carbons (Fsp3) is 0.222. The van der Waals surface area contributed by atoms with Gasteiger partial charge in [-0.15, -0.1) is 0 Å². The van der Waals surface area contributed by atoms with Crippen LogP contribution in [0.15, 0.2) is 24.5 Å². The number of aromatic nitrogens is 4. The first-order chi connectivity index (χ1) is 7.47. The molecule has 2 aromatic heterocycles. The molecule has 0 fully saturated rings. The van der Waals surface area contributed by atoms with E-state index in [2.05, 4.69) is 15.1 Å². The Morgan fingerprint density at radius 3 is 2.56 bits per heavy atom. The van der Waals surface area contributed by atoms with Crippen LogP contribution in [0.4, 0.5) is 13.2 Å². The zero-order chi connectivity index (χ0) is 11.8. The third kappa shape index (κ3) is 2.02. The number of rotatable bonds is 1. The molecule has 0 spiro atoms. The molecule has 0 bridgehead atoms. The standard InChI is InChI=1S/C9H7F3N4/c1-6-14-7(9(10,11)12)5-8(15-6)16-4-2-3-13-16/h2-5H,1H3. The van der Waals surface area contributed by atoms with Crippen molar-refractivity contribution in [1.29, 1.82) is 0 Å². The molecule has 16 heavy (non-hydrogen) atoms. The fourth-order valence-corrected chi connectivity index (χ4v) is 1.22. The second kappa shape index (κ2) is 3.58. The van der Waals surface area contributed by atoms with Crippen LogP contribution in [0.5, 0.6) is 0 Å². The lowest BCUT2D eigenvalue weighted by Crippen LogP contribution is -2.12. The quantitative estimate of drug-likeness (QED) is 0.749. The van der Waals surface area contributed by atoms with Crippen LogP contribution < -0.4 is 0 Å². The van der Waals surface area contributed by atoms with Gasteiger partial charge >= 0.3 is 6.18 Å². The maximum atomic E-state index is 12.5. The van der Waals surface area contributed by atoms with Gasteiger partial charge in [-0.25, -0.2) is 14.6 Å². The highest BCUT2D eigenvalue weighted by atomic mass is 19.4. The molecule has 0 radical (unpaired) electrons. The van der Waals surface area contributed by atoms with Gasteiger partial charge in [-0.05, 0) is 13.0 Å². The van der Waals surface area contributed by atoms with Gasteiger partial charge in [0.2, 0.25) is 0 Å². The first kappa shape index (κ1) is 10.6. The largest absolute Gasteiger partial charge is 0.433 e. The van der Waals surface area contributed by atoms with Crippen molar-refractivity contribution in [1.82, 2.24) is 19.7 Å². The molecular formula is C9H7F3N4. The average Bonchev–Trinajstić information content (AvgIpc) is 2.68. The van der Waals surface area contributed by atoms with E-state index in [4.69, 9.17) is 0 Å². The molecule has 0 atom stereocenters. The van der Waals surface area contributed by atoms with Gasteiger partial charge in [0.1, 0.15) is 11.5 Å². The Labute approximate surface area is 88.8 Å². The maximum Gasteiger partial charge on any atom is 0.433 e. The van der Waals surface area contributed by atoms with E-state index in [0.717, 1.165) is 6.07 Å². The molecule has 0 unspecified atom stereocenters. The molecule has 84 valence electrons. The zero-order valence-electron chi connectivity index (χ0n) is 8.23. The predicted molar refractivity (Wildman–Crippen MR) is 48.9 cm³/mol. The summed E-state index contributed by atoms with van der Waals surface area (Å²) in [6.07, 6.45) is -1.50. The van der Waals surface area contributed by atoms with Crippen LogP contribution in [0, 0.1) is 6.92 Å². The highest BCUT2D eigenvalue weighted by molar-refractivity contribution is 5.25. The summed E-state index contributed by atoms with van der Waals surface area (Å²) in [4.78, 5) is 7.22. The Hall–Kier alpha value is -1.92. The summed E-state index contributed by atoms with van der Waals surface area (Å²) in [5, 5.41) is 3.81. The van der Waals surface area contributed by atoms with Gasteiger partial charge in [-0.3, -0.25) is 0 Å². The van der Waals surface area contributed by atoms with Gasteiger partial charge in [0.15, 0.2) is 5.82 Å². The van der Waals surface area contributed by atoms with E-state index in [1.807, 2.05) is 0 Å². The van der Waals surface area contributed by atoms with E-state index in [9.17, 15) is 13.2 Å². The van der Waals surface area contributed by atoms with Crippen molar-refractivity contribution in [3.8, 4) is 5.82 Å².